The van der Waals surface area contributed by atoms with Crippen LogP contribution in [0.1, 0.15) is 48.2 Å². The number of carbonyl (C=O) groups excluding carboxylic acids is 2. The van der Waals surface area contributed by atoms with Crippen LogP contribution in [0.25, 0.3) is 5.70 Å². The number of nitrogens with one attached hydrogen (secondary N) is 1. The number of ether oxygens (including phenoxy) is 3. The molecule has 2 aromatic carbocycles. The predicted molar refractivity (Wildman–Crippen MR) is 122 cm³/mol. The average molecular weight is 454 g/mol. The Morgan fingerprint density at radius 3 is 2.47 bits per heavy atom. The molecule has 1 atom stereocenters. The van der Waals surface area contributed by atoms with Crippen molar-refractivity contribution in [2.24, 2.45) is 0 Å². The Labute approximate surface area is 191 Å². The molecule has 7 heteroatoms. The lowest BCUT2D eigenvalue weighted by Crippen LogP contribution is -2.29. The van der Waals surface area contributed by atoms with Crippen molar-refractivity contribution in [1.82, 2.24) is 5.32 Å². The molecular weight excluding hydrogens is 430 g/mol. The van der Waals surface area contributed by atoms with E-state index in [0.29, 0.717) is 56.8 Å². The van der Waals surface area contributed by atoms with Crippen LogP contribution in [0.15, 0.2) is 53.2 Å². The molecule has 0 radical (unpaired) electrons. The van der Waals surface area contributed by atoms with Gasteiger partial charge in [0.25, 0.3) is 0 Å². The van der Waals surface area contributed by atoms with E-state index in [4.69, 9.17) is 25.8 Å². The number of rotatable bonds is 6. The van der Waals surface area contributed by atoms with Crippen molar-refractivity contribution in [3.8, 4) is 11.5 Å². The lowest BCUT2D eigenvalue weighted by molar-refractivity contribution is -0.138. The number of hydrogen-bond donors (Lipinski definition) is 1. The van der Waals surface area contributed by atoms with Crippen LogP contribution in [-0.4, -0.2) is 32.1 Å². The lowest BCUT2D eigenvalue weighted by atomic mass is 9.79. The van der Waals surface area contributed by atoms with Crippen molar-refractivity contribution < 1.29 is 23.8 Å². The second-order valence-corrected chi connectivity index (χ2v) is 7.85. The molecule has 0 saturated heterocycles. The molecule has 1 heterocycles. The number of ketones is 1. The van der Waals surface area contributed by atoms with Gasteiger partial charge in [-0.1, -0.05) is 35.9 Å². The van der Waals surface area contributed by atoms with Crippen LogP contribution in [0.4, 0.5) is 0 Å². The van der Waals surface area contributed by atoms with E-state index < -0.39 is 11.9 Å². The van der Waals surface area contributed by atoms with Crippen molar-refractivity contribution in [3.05, 3.63) is 75.0 Å². The van der Waals surface area contributed by atoms with Crippen LogP contribution in [0.5, 0.6) is 11.5 Å². The molecule has 166 valence electrons. The standard InChI is InChI=1S/C25H24ClNO5/c1-5-31-19-11-16(17(26)12-18(19)30-4)21-20(25(29)32-6-2)13(3)27-23-14-9-7-8-10-15(14)24(28)22(21)23/h7-12,21,27H,5-6H2,1-4H3/t21-/m1/s1. The Morgan fingerprint density at radius 2 is 1.81 bits per heavy atom. The maximum Gasteiger partial charge on any atom is 0.336 e. The number of Topliss-reactive ketones (excluding diaryl/α,β-unsaturated/α-hetero) is 1. The number of hydrogen-bond acceptors (Lipinski definition) is 6. The van der Waals surface area contributed by atoms with Gasteiger partial charge in [0.05, 0.1) is 37.5 Å². The molecule has 1 N–H and O–H groups in total. The molecule has 0 amide bonds. The topological polar surface area (TPSA) is 73.9 Å². The summed E-state index contributed by atoms with van der Waals surface area (Å²) in [7, 11) is 1.53. The zero-order chi connectivity index (χ0) is 23.0. The third kappa shape index (κ3) is 3.45. The van der Waals surface area contributed by atoms with Gasteiger partial charge in [-0.05, 0) is 32.4 Å². The summed E-state index contributed by atoms with van der Waals surface area (Å²) in [6.07, 6.45) is 0. The fourth-order valence-corrected chi connectivity index (χ4v) is 4.58. The van der Waals surface area contributed by atoms with Gasteiger partial charge in [0.1, 0.15) is 0 Å². The quantitative estimate of drug-likeness (QED) is 0.628. The zero-order valence-electron chi connectivity index (χ0n) is 18.4. The van der Waals surface area contributed by atoms with E-state index in [2.05, 4.69) is 5.32 Å². The summed E-state index contributed by atoms with van der Waals surface area (Å²) < 4.78 is 16.5. The second kappa shape index (κ2) is 8.71. The summed E-state index contributed by atoms with van der Waals surface area (Å²) in [4.78, 5) is 26.6. The highest BCUT2D eigenvalue weighted by molar-refractivity contribution is 6.32. The molecule has 0 spiro atoms. The van der Waals surface area contributed by atoms with Gasteiger partial charge < -0.3 is 19.5 Å². The summed E-state index contributed by atoms with van der Waals surface area (Å²) >= 11 is 6.69. The average Bonchev–Trinajstić information content (AvgIpc) is 3.06. The third-order valence-electron chi connectivity index (χ3n) is 5.64. The minimum absolute atomic E-state index is 0.146. The number of methoxy groups -OCH3 is 1. The molecule has 0 aromatic heterocycles. The van der Waals surface area contributed by atoms with E-state index in [0.717, 1.165) is 5.56 Å². The van der Waals surface area contributed by atoms with Crippen LogP contribution < -0.4 is 14.8 Å². The number of dihydropyridines is 1. The van der Waals surface area contributed by atoms with Gasteiger partial charge in [0.15, 0.2) is 17.3 Å². The molecule has 0 bridgehead atoms. The number of benzene rings is 2. The highest BCUT2D eigenvalue weighted by atomic mass is 35.5. The summed E-state index contributed by atoms with van der Waals surface area (Å²) in [5.74, 6) is -0.403. The first-order valence-electron chi connectivity index (χ1n) is 10.5. The van der Waals surface area contributed by atoms with E-state index >= 15 is 0 Å². The van der Waals surface area contributed by atoms with Gasteiger partial charge in [0.2, 0.25) is 0 Å². The molecule has 0 unspecified atom stereocenters. The first-order valence-corrected chi connectivity index (χ1v) is 10.8. The molecule has 32 heavy (non-hydrogen) atoms. The SMILES string of the molecule is CCOC(=O)C1=C(C)NC2=C(C(=O)c3ccccc32)[C@@H]1c1cc(OCC)c(OC)cc1Cl. The fourth-order valence-electron chi connectivity index (χ4n) is 4.32. The van der Waals surface area contributed by atoms with Crippen LogP contribution in [0.3, 0.4) is 0 Å². The molecule has 0 saturated carbocycles. The van der Waals surface area contributed by atoms with E-state index in [1.807, 2.05) is 25.1 Å². The highest BCUT2D eigenvalue weighted by Gasteiger charge is 2.43. The summed E-state index contributed by atoms with van der Waals surface area (Å²) in [6, 6.07) is 10.8. The van der Waals surface area contributed by atoms with Crippen molar-refractivity contribution in [2.45, 2.75) is 26.7 Å². The Bertz CT molecular complexity index is 1180. The van der Waals surface area contributed by atoms with Crippen molar-refractivity contribution >= 4 is 29.1 Å². The maximum absolute atomic E-state index is 13.5. The highest BCUT2D eigenvalue weighted by Crippen LogP contribution is 2.49. The van der Waals surface area contributed by atoms with Gasteiger partial charge in [-0.25, -0.2) is 4.79 Å². The van der Waals surface area contributed by atoms with Crippen molar-refractivity contribution in [1.29, 1.82) is 0 Å². The first kappa shape index (κ1) is 22.0. The normalized spacial score (nSPS) is 17.0. The van der Waals surface area contributed by atoms with Crippen molar-refractivity contribution in [3.63, 3.8) is 0 Å². The van der Waals surface area contributed by atoms with Crippen LogP contribution in [0.2, 0.25) is 5.02 Å². The molecule has 1 aliphatic heterocycles. The number of esters is 1. The van der Waals surface area contributed by atoms with E-state index in [1.54, 1.807) is 32.0 Å². The van der Waals surface area contributed by atoms with Gasteiger partial charge >= 0.3 is 5.97 Å². The van der Waals surface area contributed by atoms with E-state index in [1.165, 1.54) is 7.11 Å². The summed E-state index contributed by atoms with van der Waals surface area (Å²) in [5.41, 5.74) is 4.08. The number of halogens is 1. The molecular formula is C25H24ClNO5. The molecule has 1 aliphatic carbocycles. The maximum atomic E-state index is 13.5. The molecule has 6 nitrogen and oxygen atoms in total. The monoisotopic (exact) mass is 453 g/mol. The van der Waals surface area contributed by atoms with Gasteiger partial charge in [-0.2, -0.15) is 0 Å². The molecule has 2 aromatic rings. The molecule has 2 aliphatic rings. The predicted octanol–water partition coefficient (Wildman–Crippen LogP) is 4.88. The van der Waals surface area contributed by atoms with E-state index in [9.17, 15) is 9.59 Å². The number of fused-ring (bicyclic) bond motifs is 2. The largest absolute Gasteiger partial charge is 0.493 e. The third-order valence-corrected chi connectivity index (χ3v) is 5.97. The van der Waals surface area contributed by atoms with E-state index in [-0.39, 0.29) is 12.4 Å². The molecule has 0 fully saturated rings. The Morgan fingerprint density at radius 1 is 1.09 bits per heavy atom. The van der Waals surface area contributed by atoms with Gasteiger partial charge in [0, 0.05) is 33.5 Å². The van der Waals surface area contributed by atoms with Gasteiger partial charge in [-0.3, -0.25) is 4.79 Å². The summed E-state index contributed by atoms with van der Waals surface area (Å²) in [6.45, 7) is 6.04. The Hall–Kier alpha value is -3.25. The fraction of sp³-hybridized carbons (Fsp3) is 0.280. The lowest BCUT2D eigenvalue weighted by Gasteiger charge is -2.30. The smallest absolute Gasteiger partial charge is 0.336 e. The minimum atomic E-state index is -0.720. The number of carbonyl (C=O) groups is 2. The van der Waals surface area contributed by atoms with Crippen LogP contribution in [-0.2, 0) is 9.53 Å². The van der Waals surface area contributed by atoms with Crippen LogP contribution >= 0.6 is 11.6 Å². The Balaban J connectivity index is 1.97. The summed E-state index contributed by atoms with van der Waals surface area (Å²) in [5, 5.41) is 3.64. The zero-order valence-corrected chi connectivity index (χ0v) is 19.1. The Kier molecular flexibility index (Phi) is 5.98. The van der Waals surface area contributed by atoms with Crippen LogP contribution in [0, 0.1) is 0 Å². The number of allylic oxidation sites excluding steroid dienone is 2. The molecule has 4 rings (SSSR count). The van der Waals surface area contributed by atoms with Gasteiger partial charge in [-0.15, -0.1) is 0 Å². The first-order chi connectivity index (χ1) is 15.4. The van der Waals surface area contributed by atoms with Crippen molar-refractivity contribution in [2.75, 3.05) is 20.3 Å². The minimum Gasteiger partial charge on any atom is -0.493 e. The second-order valence-electron chi connectivity index (χ2n) is 7.44.